The molecule has 2 N–H and O–H groups in total. The van der Waals surface area contributed by atoms with Crippen molar-refractivity contribution in [3.8, 4) is 5.75 Å². The van der Waals surface area contributed by atoms with Crippen molar-refractivity contribution in [2.45, 2.75) is 35.3 Å². The smallest absolute Gasteiger partial charge is 0.265 e. The number of rotatable bonds is 11. The third-order valence-corrected chi connectivity index (χ3v) is 8.68. The molecule has 1 amide bonds. The van der Waals surface area contributed by atoms with Gasteiger partial charge in [0, 0.05) is 26.7 Å². The van der Waals surface area contributed by atoms with Gasteiger partial charge in [-0.25, -0.2) is 13.9 Å². The number of hydrogen-bond acceptors (Lipinski definition) is 7. The van der Waals surface area contributed by atoms with Gasteiger partial charge < -0.3 is 14.4 Å². The molecule has 3 rings (SSSR count). The van der Waals surface area contributed by atoms with E-state index in [1.807, 2.05) is 23.1 Å². The number of sulfone groups is 1. The van der Waals surface area contributed by atoms with Crippen LogP contribution >= 0.6 is 0 Å². The minimum Gasteiger partial charge on any atom is -0.494 e. The second kappa shape index (κ2) is 11.6. The molecule has 2 aromatic rings. The van der Waals surface area contributed by atoms with E-state index in [-0.39, 0.29) is 17.7 Å². The summed E-state index contributed by atoms with van der Waals surface area (Å²) in [4.78, 5) is 14.7. The van der Waals surface area contributed by atoms with E-state index in [1.165, 1.54) is 17.7 Å². The van der Waals surface area contributed by atoms with Gasteiger partial charge in [0.1, 0.15) is 5.75 Å². The van der Waals surface area contributed by atoms with Crippen molar-refractivity contribution < 1.29 is 27.9 Å². The Morgan fingerprint density at radius 1 is 1.06 bits per heavy atom. The van der Waals surface area contributed by atoms with Gasteiger partial charge in [-0.1, -0.05) is 30.3 Å². The summed E-state index contributed by atoms with van der Waals surface area (Å²) >= 11 is 0. The predicted molar refractivity (Wildman–Crippen MR) is 124 cm³/mol. The number of piperidine rings is 1. The number of methoxy groups -OCH3 is 1. The van der Waals surface area contributed by atoms with Crippen molar-refractivity contribution in [1.82, 2.24) is 10.4 Å². The Kier molecular flexibility index (Phi) is 8.85. The first kappa shape index (κ1) is 25.2. The second-order valence-electron chi connectivity index (χ2n) is 8.18. The van der Waals surface area contributed by atoms with Crippen LogP contribution in [0.5, 0.6) is 5.75 Å². The van der Waals surface area contributed by atoms with Crippen LogP contribution in [0, 0.1) is 0 Å². The van der Waals surface area contributed by atoms with Gasteiger partial charge in [-0.15, -0.1) is 0 Å². The molecule has 0 aromatic heterocycles. The highest BCUT2D eigenvalue weighted by Gasteiger charge is 2.52. The van der Waals surface area contributed by atoms with E-state index in [9.17, 15) is 18.4 Å². The number of hydrogen-bond donors (Lipinski definition) is 2. The fourth-order valence-corrected chi connectivity index (χ4v) is 6.08. The molecule has 0 unspecified atom stereocenters. The molecule has 1 heterocycles. The Balaban J connectivity index is 1.65. The number of carbonyl (C=O) groups excluding carboxylic acids is 1. The van der Waals surface area contributed by atoms with Gasteiger partial charge in [0.05, 0.1) is 18.1 Å². The summed E-state index contributed by atoms with van der Waals surface area (Å²) in [5.74, 6) is -0.327. The molecule has 33 heavy (non-hydrogen) atoms. The van der Waals surface area contributed by atoms with E-state index < -0.39 is 20.5 Å². The van der Waals surface area contributed by atoms with Crippen molar-refractivity contribution in [1.29, 1.82) is 0 Å². The van der Waals surface area contributed by atoms with E-state index in [0.717, 1.165) is 12.8 Å². The number of amides is 1. The maximum atomic E-state index is 13.5. The normalized spacial score (nSPS) is 16.3. The molecule has 8 nitrogen and oxygen atoms in total. The fourth-order valence-electron chi connectivity index (χ4n) is 4.13. The Hall–Kier alpha value is -2.46. The standard InChI is InChI=1S/C24H32N2O6S/c1-31-19-17-26-15-13-24(14-16-26,23(27)25-28)33(29,30)22-11-9-21(10-12-22)32-18-5-8-20-6-3-2-4-7-20/h2-4,6-7,9-12,28H,5,8,13-19H2,1H3,(H,25,27). The third kappa shape index (κ3) is 5.92. The van der Waals surface area contributed by atoms with Crippen LogP contribution < -0.4 is 10.2 Å². The highest BCUT2D eigenvalue weighted by Crippen LogP contribution is 2.36. The van der Waals surface area contributed by atoms with Crippen molar-refractivity contribution in [2.24, 2.45) is 0 Å². The minimum atomic E-state index is -4.04. The first-order valence-corrected chi connectivity index (χ1v) is 12.6. The monoisotopic (exact) mass is 476 g/mol. The first-order chi connectivity index (χ1) is 15.9. The molecule has 0 spiro atoms. The minimum absolute atomic E-state index is 0.0353. The Labute approximate surface area is 195 Å². The number of carbonyl (C=O) groups is 1. The topological polar surface area (TPSA) is 105 Å². The number of ether oxygens (including phenoxy) is 2. The summed E-state index contributed by atoms with van der Waals surface area (Å²) in [6.45, 7) is 2.52. The van der Waals surface area contributed by atoms with Gasteiger partial charge in [0.25, 0.3) is 5.91 Å². The number of hydroxylamine groups is 1. The molecule has 1 saturated heterocycles. The van der Waals surface area contributed by atoms with Crippen LogP contribution in [0.3, 0.4) is 0 Å². The SMILES string of the molecule is COCCN1CCC(C(=O)NO)(S(=O)(=O)c2ccc(OCCCc3ccccc3)cc2)CC1. The van der Waals surface area contributed by atoms with E-state index in [2.05, 4.69) is 12.1 Å². The second-order valence-corrected chi connectivity index (χ2v) is 10.4. The molecule has 180 valence electrons. The number of nitrogens with zero attached hydrogens (tertiary/aromatic N) is 1. The van der Waals surface area contributed by atoms with Gasteiger partial charge in [-0.05, 0) is 55.5 Å². The lowest BCUT2D eigenvalue weighted by Crippen LogP contribution is -2.57. The highest BCUT2D eigenvalue weighted by molar-refractivity contribution is 7.93. The van der Waals surface area contributed by atoms with Crippen molar-refractivity contribution in [3.63, 3.8) is 0 Å². The lowest BCUT2D eigenvalue weighted by atomic mass is 9.95. The number of likely N-dealkylation sites (tertiary alicyclic amines) is 1. The molecular weight excluding hydrogens is 444 g/mol. The summed E-state index contributed by atoms with van der Waals surface area (Å²) in [5.41, 5.74) is 2.82. The van der Waals surface area contributed by atoms with E-state index in [1.54, 1.807) is 24.7 Å². The summed E-state index contributed by atoms with van der Waals surface area (Å²) < 4.78 is 36.1. The lowest BCUT2D eigenvalue weighted by Gasteiger charge is -2.39. The Morgan fingerprint density at radius 3 is 2.33 bits per heavy atom. The van der Waals surface area contributed by atoms with Crippen LogP contribution in [-0.4, -0.2) is 69.1 Å². The zero-order chi connectivity index (χ0) is 23.7. The summed E-state index contributed by atoms with van der Waals surface area (Å²) in [6, 6.07) is 16.3. The quantitative estimate of drug-likeness (QED) is 0.292. The van der Waals surface area contributed by atoms with Gasteiger partial charge in [-0.2, -0.15) is 0 Å². The highest BCUT2D eigenvalue weighted by atomic mass is 32.2. The largest absolute Gasteiger partial charge is 0.494 e. The van der Waals surface area contributed by atoms with Crippen LogP contribution in [0.15, 0.2) is 59.5 Å². The molecule has 0 aliphatic carbocycles. The van der Waals surface area contributed by atoms with Crippen LogP contribution in [0.25, 0.3) is 0 Å². The fraction of sp³-hybridized carbons (Fsp3) is 0.458. The molecule has 9 heteroatoms. The van der Waals surface area contributed by atoms with Gasteiger partial charge in [0.2, 0.25) is 0 Å². The van der Waals surface area contributed by atoms with Crippen molar-refractivity contribution in [3.05, 3.63) is 60.2 Å². The Bertz CT molecular complexity index is 987. The molecule has 2 aromatic carbocycles. The molecule has 1 fully saturated rings. The molecule has 0 saturated carbocycles. The zero-order valence-corrected chi connectivity index (χ0v) is 19.7. The summed E-state index contributed by atoms with van der Waals surface area (Å²) in [5, 5.41) is 9.30. The third-order valence-electron chi connectivity index (χ3n) is 6.16. The van der Waals surface area contributed by atoms with E-state index in [0.29, 0.717) is 38.6 Å². The average Bonchev–Trinajstić information content (AvgIpc) is 2.86. The summed E-state index contributed by atoms with van der Waals surface area (Å²) in [6.07, 6.45) is 1.91. The summed E-state index contributed by atoms with van der Waals surface area (Å²) in [7, 11) is -2.44. The van der Waals surface area contributed by atoms with Gasteiger partial charge in [-0.3, -0.25) is 10.0 Å². The molecule has 0 bridgehead atoms. The maximum absolute atomic E-state index is 13.5. The van der Waals surface area contributed by atoms with Crippen molar-refractivity contribution >= 4 is 15.7 Å². The van der Waals surface area contributed by atoms with Gasteiger partial charge >= 0.3 is 0 Å². The van der Waals surface area contributed by atoms with Crippen LogP contribution in [0.2, 0.25) is 0 Å². The average molecular weight is 477 g/mol. The van der Waals surface area contributed by atoms with Crippen molar-refractivity contribution in [2.75, 3.05) is 40.0 Å². The number of benzene rings is 2. The Morgan fingerprint density at radius 2 is 1.73 bits per heavy atom. The lowest BCUT2D eigenvalue weighted by molar-refractivity contribution is -0.133. The zero-order valence-electron chi connectivity index (χ0n) is 18.9. The van der Waals surface area contributed by atoms with Crippen LogP contribution in [-0.2, 0) is 25.8 Å². The van der Waals surface area contributed by atoms with Crippen LogP contribution in [0.1, 0.15) is 24.8 Å². The maximum Gasteiger partial charge on any atom is 0.265 e. The van der Waals surface area contributed by atoms with Crippen LogP contribution in [0.4, 0.5) is 0 Å². The van der Waals surface area contributed by atoms with E-state index in [4.69, 9.17) is 9.47 Å². The molecule has 0 radical (unpaired) electrons. The van der Waals surface area contributed by atoms with E-state index >= 15 is 0 Å². The molecule has 1 aliphatic heterocycles. The number of nitrogens with one attached hydrogen (secondary N) is 1. The van der Waals surface area contributed by atoms with Gasteiger partial charge in [0.15, 0.2) is 14.6 Å². The molecule has 0 atom stereocenters. The number of aryl methyl sites for hydroxylation is 1. The predicted octanol–water partition coefficient (Wildman–Crippen LogP) is 2.46. The molecule has 1 aliphatic rings. The molecular formula is C24H32N2O6S. The first-order valence-electron chi connectivity index (χ1n) is 11.1.